The molecule has 124 valence electrons. The zero-order chi connectivity index (χ0) is 16.4. The van der Waals surface area contributed by atoms with Crippen LogP contribution in [-0.4, -0.2) is 30.5 Å². The van der Waals surface area contributed by atoms with E-state index in [1.54, 1.807) is 0 Å². The fraction of sp³-hybridized carbons (Fsp3) is 0.350. The summed E-state index contributed by atoms with van der Waals surface area (Å²) < 4.78 is 5.42. The summed E-state index contributed by atoms with van der Waals surface area (Å²) in [5.74, 6) is 1.36. The van der Waals surface area contributed by atoms with E-state index < -0.39 is 0 Å². The Morgan fingerprint density at radius 2 is 1.88 bits per heavy atom. The molecule has 0 aliphatic carbocycles. The van der Waals surface area contributed by atoms with Crippen molar-refractivity contribution in [1.29, 1.82) is 0 Å². The highest BCUT2D eigenvalue weighted by atomic mass is 16.5. The van der Waals surface area contributed by atoms with Gasteiger partial charge in [-0.15, -0.1) is 0 Å². The Hall–Kier alpha value is -2.33. The molecule has 4 nitrogen and oxygen atoms in total. The van der Waals surface area contributed by atoms with Gasteiger partial charge >= 0.3 is 0 Å². The third-order valence-electron chi connectivity index (χ3n) is 4.94. The van der Waals surface area contributed by atoms with Gasteiger partial charge in [-0.05, 0) is 55.1 Å². The van der Waals surface area contributed by atoms with E-state index in [1.807, 2.05) is 12.1 Å². The van der Waals surface area contributed by atoms with Crippen LogP contribution in [0.2, 0.25) is 0 Å². The van der Waals surface area contributed by atoms with Crippen LogP contribution in [0, 0.1) is 0 Å². The SMILES string of the molecule is O=C1COc2ccc(CN3CCC(c4ccccc4)CC3)cc2N1. The van der Waals surface area contributed by atoms with Gasteiger partial charge in [0.2, 0.25) is 0 Å². The molecule has 1 saturated heterocycles. The van der Waals surface area contributed by atoms with E-state index in [0.29, 0.717) is 5.92 Å². The quantitative estimate of drug-likeness (QED) is 0.942. The molecule has 2 aromatic rings. The Balaban J connectivity index is 1.37. The lowest BCUT2D eigenvalue weighted by Gasteiger charge is -2.32. The van der Waals surface area contributed by atoms with Gasteiger partial charge in [-0.25, -0.2) is 0 Å². The Morgan fingerprint density at radius 3 is 2.67 bits per heavy atom. The van der Waals surface area contributed by atoms with E-state index in [9.17, 15) is 4.79 Å². The predicted octanol–water partition coefficient (Wildman–Crippen LogP) is 3.40. The van der Waals surface area contributed by atoms with Gasteiger partial charge in [-0.3, -0.25) is 9.69 Å². The largest absolute Gasteiger partial charge is 0.482 e. The maximum absolute atomic E-state index is 11.5. The zero-order valence-corrected chi connectivity index (χ0v) is 13.7. The minimum Gasteiger partial charge on any atom is -0.482 e. The van der Waals surface area contributed by atoms with Crippen molar-refractivity contribution in [2.75, 3.05) is 25.0 Å². The number of amides is 1. The minimum atomic E-state index is -0.0803. The molecule has 1 fully saturated rings. The number of nitrogens with zero attached hydrogens (tertiary/aromatic N) is 1. The van der Waals surface area contributed by atoms with Gasteiger partial charge in [0.05, 0.1) is 5.69 Å². The summed E-state index contributed by atoms with van der Waals surface area (Å²) in [6.07, 6.45) is 2.41. The lowest BCUT2D eigenvalue weighted by atomic mass is 9.89. The molecule has 0 saturated carbocycles. The van der Waals surface area contributed by atoms with E-state index in [2.05, 4.69) is 46.6 Å². The first-order valence-corrected chi connectivity index (χ1v) is 8.61. The van der Waals surface area contributed by atoms with Gasteiger partial charge in [-0.2, -0.15) is 0 Å². The molecule has 4 rings (SSSR count). The first-order valence-electron chi connectivity index (χ1n) is 8.61. The first kappa shape index (κ1) is 15.2. The molecule has 2 heterocycles. The van der Waals surface area contributed by atoms with Gasteiger partial charge in [0.25, 0.3) is 5.91 Å². The molecule has 2 aromatic carbocycles. The second-order valence-corrected chi connectivity index (χ2v) is 6.63. The van der Waals surface area contributed by atoms with Crippen molar-refractivity contribution < 1.29 is 9.53 Å². The van der Waals surface area contributed by atoms with E-state index in [-0.39, 0.29) is 12.5 Å². The molecule has 0 radical (unpaired) electrons. The summed E-state index contributed by atoms with van der Waals surface area (Å²) in [5, 5.41) is 2.88. The number of hydrogen-bond acceptors (Lipinski definition) is 3. The summed E-state index contributed by atoms with van der Waals surface area (Å²) in [6.45, 7) is 3.25. The van der Waals surface area contributed by atoms with E-state index in [0.717, 1.165) is 31.1 Å². The van der Waals surface area contributed by atoms with Gasteiger partial charge in [0.1, 0.15) is 5.75 Å². The molecule has 4 heteroatoms. The molecule has 0 bridgehead atoms. The number of benzene rings is 2. The van der Waals surface area contributed by atoms with Crippen molar-refractivity contribution in [3.63, 3.8) is 0 Å². The van der Waals surface area contributed by atoms with Crippen LogP contribution >= 0.6 is 0 Å². The molecule has 24 heavy (non-hydrogen) atoms. The molecule has 1 amide bonds. The van der Waals surface area contributed by atoms with E-state index >= 15 is 0 Å². The van der Waals surface area contributed by atoms with Crippen molar-refractivity contribution in [3.8, 4) is 5.75 Å². The predicted molar refractivity (Wildman–Crippen MR) is 94.3 cm³/mol. The number of carbonyl (C=O) groups is 1. The Bertz CT molecular complexity index is 722. The van der Waals surface area contributed by atoms with Crippen LogP contribution in [0.3, 0.4) is 0 Å². The lowest BCUT2D eigenvalue weighted by molar-refractivity contribution is -0.118. The van der Waals surface area contributed by atoms with E-state index in [1.165, 1.54) is 24.0 Å². The fourth-order valence-electron chi connectivity index (χ4n) is 3.64. The van der Waals surface area contributed by atoms with Crippen LogP contribution in [0.15, 0.2) is 48.5 Å². The lowest BCUT2D eigenvalue weighted by Crippen LogP contribution is -2.32. The number of ether oxygens (including phenoxy) is 1. The van der Waals surface area contributed by atoms with Crippen molar-refractivity contribution in [2.45, 2.75) is 25.3 Å². The van der Waals surface area contributed by atoms with Crippen LogP contribution in [-0.2, 0) is 11.3 Å². The van der Waals surface area contributed by atoms with Crippen LogP contribution in [0.4, 0.5) is 5.69 Å². The average Bonchev–Trinajstić information content (AvgIpc) is 2.63. The number of carbonyl (C=O) groups excluding carboxylic acids is 1. The van der Waals surface area contributed by atoms with Gasteiger partial charge in [0.15, 0.2) is 6.61 Å². The highest BCUT2D eigenvalue weighted by Gasteiger charge is 2.21. The summed E-state index contributed by atoms with van der Waals surface area (Å²) in [4.78, 5) is 13.9. The summed E-state index contributed by atoms with van der Waals surface area (Å²) in [7, 11) is 0. The molecular formula is C20H22N2O2. The van der Waals surface area contributed by atoms with Crippen LogP contribution in [0.5, 0.6) is 5.75 Å². The van der Waals surface area contributed by atoms with Crippen LogP contribution in [0.25, 0.3) is 0 Å². The Morgan fingerprint density at radius 1 is 1.08 bits per heavy atom. The average molecular weight is 322 g/mol. The van der Waals surface area contributed by atoms with Crippen molar-refractivity contribution >= 4 is 11.6 Å². The highest BCUT2D eigenvalue weighted by molar-refractivity contribution is 5.95. The third-order valence-corrected chi connectivity index (χ3v) is 4.94. The monoisotopic (exact) mass is 322 g/mol. The summed E-state index contributed by atoms with van der Waals surface area (Å²) in [6, 6.07) is 16.9. The number of piperidine rings is 1. The summed E-state index contributed by atoms with van der Waals surface area (Å²) in [5.41, 5.74) is 3.48. The maximum atomic E-state index is 11.5. The smallest absolute Gasteiger partial charge is 0.262 e. The second-order valence-electron chi connectivity index (χ2n) is 6.63. The molecule has 0 atom stereocenters. The van der Waals surface area contributed by atoms with Crippen LogP contribution < -0.4 is 10.1 Å². The molecule has 2 aliphatic rings. The fourth-order valence-corrected chi connectivity index (χ4v) is 3.64. The van der Waals surface area contributed by atoms with Gasteiger partial charge in [0, 0.05) is 6.54 Å². The zero-order valence-electron chi connectivity index (χ0n) is 13.7. The molecule has 2 aliphatic heterocycles. The number of hydrogen-bond donors (Lipinski definition) is 1. The number of likely N-dealkylation sites (tertiary alicyclic amines) is 1. The van der Waals surface area contributed by atoms with Gasteiger partial charge in [-0.1, -0.05) is 36.4 Å². The van der Waals surface area contributed by atoms with Crippen molar-refractivity contribution in [3.05, 3.63) is 59.7 Å². The summed E-state index contributed by atoms with van der Waals surface area (Å²) >= 11 is 0. The standard InChI is InChI=1S/C20H22N2O2/c23-20-14-24-19-7-6-15(12-18(19)21-20)13-22-10-8-17(9-11-22)16-4-2-1-3-5-16/h1-7,12,17H,8-11,13-14H2,(H,21,23). The second kappa shape index (κ2) is 6.65. The normalized spacial score (nSPS) is 18.6. The highest BCUT2D eigenvalue weighted by Crippen LogP contribution is 2.31. The third kappa shape index (κ3) is 3.29. The van der Waals surface area contributed by atoms with E-state index in [4.69, 9.17) is 4.74 Å². The van der Waals surface area contributed by atoms with Crippen LogP contribution in [0.1, 0.15) is 29.9 Å². The maximum Gasteiger partial charge on any atom is 0.262 e. The molecule has 0 aromatic heterocycles. The molecule has 1 N–H and O–H groups in total. The van der Waals surface area contributed by atoms with Crippen molar-refractivity contribution in [1.82, 2.24) is 4.90 Å². The number of fused-ring (bicyclic) bond motifs is 1. The molecule has 0 spiro atoms. The first-order chi connectivity index (χ1) is 11.8. The Labute approximate surface area is 142 Å². The minimum absolute atomic E-state index is 0.0803. The molecular weight excluding hydrogens is 300 g/mol. The number of nitrogens with one attached hydrogen (secondary N) is 1. The Kier molecular flexibility index (Phi) is 4.22. The topological polar surface area (TPSA) is 41.6 Å². The number of anilines is 1. The molecule has 0 unspecified atom stereocenters. The van der Waals surface area contributed by atoms with Gasteiger partial charge < -0.3 is 10.1 Å². The van der Waals surface area contributed by atoms with Crippen molar-refractivity contribution in [2.24, 2.45) is 0 Å². The number of rotatable bonds is 3.